The monoisotopic (exact) mass is 1420 g/mol. The molecule has 22 N–H and O–H groups in total. The fourth-order valence-electron chi connectivity index (χ4n) is 12.8. The summed E-state index contributed by atoms with van der Waals surface area (Å²) < 4.78 is 79.4. The minimum atomic E-state index is -2.24. The average molecular weight is 1420 g/mol. The third-order valence-electron chi connectivity index (χ3n) is 17.3. The quantitative estimate of drug-likeness (QED) is 0.0404. The molecule has 0 aromatic rings. The summed E-state index contributed by atoms with van der Waals surface area (Å²) in [5, 5.41) is 184. The second-order valence-corrected chi connectivity index (χ2v) is 24.7. The summed E-state index contributed by atoms with van der Waals surface area (Å²) in [5.41, 5.74) is 0. The zero-order chi connectivity index (χ0) is 72.6. The number of carbonyl (C=O) groups is 7. The van der Waals surface area contributed by atoms with E-state index in [1.165, 1.54) is 6.92 Å². The van der Waals surface area contributed by atoms with Crippen molar-refractivity contribution in [3.63, 3.8) is 0 Å². The van der Waals surface area contributed by atoms with Crippen molar-refractivity contribution in [2.45, 2.75) is 270 Å². The Hall–Kier alpha value is -4.83. The van der Waals surface area contributed by atoms with Gasteiger partial charge in [0.2, 0.25) is 41.4 Å². The Kier molecular flexibility index (Phi) is 29.0. The fraction of sp³-hybridized carbons (Fsp3) is 0.875. The van der Waals surface area contributed by atoms with Crippen LogP contribution in [0.2, 0.25) is 0 Å². The van der Waals surface area contributed by atoms with Gasteiger partial charge in [0, 0.05) is 48.5 Å². The molecule has 0 bridgehead atoms. The molecule has 42 heteroatoms. The topological polar surface area (TPSA) is 627 Å². The molecule has 0 saturated carbocycles. The number of ether oxygens (including phenoxy) is 13. The van der Waals surface area contributed by atoms with Crippen molar-refractivity contribution in [2.75, 3.05) is 39.6 Å². The van der Waals surface area contributed by atoms with Gasteiger partial charge in [-0.05, 0) is 6.92 Å². The Morgan fingerprint density at radius 3 is 0.878 bits per heavy atom. The molecule has 7 aliphatic rings. The van der Waals surface area contributed by atoms with Gasteiger partial charge in [-0.3, -0.25) is 33.6 Å². The first kappa shape index (κ1) is 80.5. The zero-order valence-corrected chi connectivity index (χ0v) is 54.3. The van der Waals surface area contributed by atoms with E-state index in [0.717, 1.165) is 48.5 Å². The number of aliphatic hydroxyl groups excluding tert-OH is 15. The summed E-state index contributed by atoms with van der Waals surface area (Å²) in [4.78, 5) is 89.6. The van der Waals surface area contributed by atoms with Crippen LogP contribution in [0.15, 0.2) is 0 Å². The van der Waals surface area contributed by atoms with E-state index in [1.807, 2.05) is 0 Å². The fourth-order valence-corrected chi connectivity index (χ4v) is 12.8. The average Bonchev–Trinajstić information content (AvgIpc) is 0.752. The minimum absolute atomic E-state index is 0.608. The Morgan fingerprint density at radius 1 is 0.265 bits per heavy atom. The van der Waals surface area contributed by atoms with Crippen molar-refractivity contribution in [1.82, 2.24) is 37.2 Å². The zero-order valence-electron chi connectivity index (χ0n) is 54.3. The van der Waals surface area contributed by atoms with Crippen LogP contribution in [0.25, 0.3) is 0 Å². The van der Waals surface area contributed by atoms with Crippen LogP contribution in [-0.4, -0.2) is 372 Å². The van der Waals surface area contributed by atoms with E-state index in [9.17, 15) is 110 Å². The molecule has 7 fully saturated rings. The largest absolute Gasteiger partial charge is 0.394 e. The van der Waals surface area contributed by atoms with Gasteiger partial charge in [0.05, 0.1) is 51.8 Å². The number of amides is 7. The van der Waals surface area contributed by atoms with Crippen LogP contribution in [0.3, 0.4) is 0 Å². The molecule has 7 saturated heterocycles. The van der Waals surface area contributed by atoms with Crippen LogP contribution in [0.1, 0.15) is 55.4 Å². The van der Waals surface area contributed by atoms with E-state index in [4.69, 9.17) is 61.6 Å². The van der Waals surface area contributed by atoms with Crippen molar-refractivity contribution in [2.24, 2.45) is 0 Å². The predicted molar refractivity (Wildman–Crippen MR) is 312 cm³/mol. The summed E-state index contributed by atoms with van der Waals surface area (Å²) in [7, 11) is 0. The molecular weight excluding hydrogens is 1330 g/mol. The third kappa shape index (κ3) is 18.7. The molecule has 0 unspecified atom stereocenters. The molecule has 0 radical (unpaired) electrons. The van der Waals surface area contributed by atoms with Crippen molar-refractivity contribution >= 4 is 41.4 Å². The highest BCUT2D eigenvalue weighted by Crippen LogP contribution is 2.39. The van der Waals surface area contributed by atoms with Crippen molar-refractivity contribution in [3.05, 3.63) is 0 Å². The number of aliphatic hydroxyl groups is 15. The number of hydrogen-bond acceptors (Lipinski definition) is 35. The smallest absolute Gasteiger partial charge is 0.217 e. The lowest BCUT2D eigenvalue weighted by molar-refractivity contribution is -0.385. The molecule has 42 nitrogen and oxygen atoms in total. The molecule has 0 aliphatic carbocycles. The SMILES string of the molecule is CC(=O)N[C@@H]1[C@@H](O[C@@H]2[C@H](O)[C@@H](NC(C)=O)[C@@H](O[C@@H]3[C@H](O)[C@@H](NC(C)=O)[C@@H](O[C@@H]4[C@@H](NC(C)=O)[C@H](O)O[C@H](C)[C@H]4NC(C)=O)O[C@@H]3CO)O[C@@H]2CO)O[C@H](CO)[C@H](O[C@H]2O[C@H](CO)[C@H](O[C@H]3O[C@H](CO)[C@H](O)[C@H](O)[C@H]3NC(C)=O)[C@H](O)[C@H]2NC(C)=O)[C@@H]1O[C@@H]1O[C@H](CO)[C@@H](O)[C@H](O)[C@H]1O. The minimum Gasteiger partial charge on any atom is -0.394 e. The Balaban J connectivity index is 1.22. The summed E-state index contributed by atoms with van der Waals surface area (Å²) in [6.45, 7) is 2.40. The van der Waals surface area contributed by atoms with E-state index in [2.05, 4.69) is 37.2 Å². The van der Waals surface area contributed by atoms with E-state index in [0.29, 0.717) is 0 Å². The maximum atomic E-state index is 13.5. The lowest BCUT2D eigenvalue weighted by atomic mass is 9.92. The number of hydrogen-bond donors (Lipinski definition) is 22. The Bertz CT molecular complexity index is 2640. The van der Waals surface area contributed by atoms with Gasteiger partial charge in [0.1, 0.15) is 158 Å². The van der Waals surface area contributed by atoms with Gasteiger partial charge < -0.3 is 175 Å². The molecule has 0 spiro atoms. The highest BCUT2D eigenvalue weighted by Gasteiger charge is 2.60. The van der Waals surface area contributed by atoms with Crippen LogP contribution in [0.5, 0.6) is 0 Å². The van der Waals surface area contributed by atoms with Gasteiger partial charge in [-0.2, -0.15) is 0 Å². The van der Waals surface area contributed by atoms with E-state index in [1.54, 1.807) is 0 Å². The first-order valence-corrected chi connectivity index (χ1v) is 31.4. The predicted octanol–water partition coefficient (Wildman–Crippen LogP) is -14.2. The van der Waals surface area contributed by atoms with E-state index < -0.39 is 295 Å². The highest BCUT2D eigenvalue weighted by atomic mass is 16.8. The molecule has 35 atom stereocenters. The lowest BCUT2D eigenvalue weighted by Gasteiger charge is -2.53. The molecule has 7 heterocycles. The van der Waals surface area contributed by atoms with Gasteiger partial charge in [-0.25, -0.2) is 0 Å². The number of nitrogens with one attached hydrogen (secondary N) is 7. The second-order valence-electron chi connectivity index (χ2n) is 24.7. The number of rotatable bonds is 25. The standard InChI is InChI=1S/C56H93N7O35/c1-15-29(57-16(2)70)48(34(50(85)86-15)62-21(7)75)97-54-33(61-20(6)74)41(82)45(26(12-67)91-54)94-52-31(59-18(4)72)39(80)46(27(13-68)89-52)95-55-35(63-22(8)76)49(98-56-43(84)42(83)37(78)24(10-65)88-56)47(28(14-69)92-55)96-53-32(60-19(5)73)40(81)44(25(11-66)90-53)93-51-30(58-17(3)71)38(79)36(77)23(9-64)87-51/h15,23-56,64-69,77-85H,9-14H2,1-8H3,(H,57,70)(H,58,71)(H,59,72)(H,60,73)(H,61,74)(H,62,75)(H,63,76)/t15-,23-,24-,25-,26-,27-,28-,29-,30-,31-,32-,33-,34-,35+,36+,37-,38-,39-,40-,41-,42+,43-,44+,45+,46+,47+,48+,49-,50-,51-,52-,53-,54-,55-,56+/m1/s1. The number of carbonyl (C=O) groups excluding carboxylic acids is 7. The molecule has 98 heavy (non-hydrogen) atoms. The first-order chi connectivity index (χ1) is 46.2. The molecule has 0 aromatic carbocycles. The second kappa shape index (κ2) is 35.4. The summed E-state index contributed by atoms with van der Waals surface area (Å²) in [5.74, 6) is -5.63. The third-order valence-corrected chi connectivity index (χ3v) is 17.3. The lowest BCUT2D eigenvalue weighted by Crippen LogP contribution is -2.73. The highest BCUT2D eigenvalue weighted by molar-refractivity contribution is 5.76. The van der Waals surface area contributed by atoms with Gasteiger partial charge in [0.15, 0.2) is 44.0 Å². The summed E-state index contributed by atoms with van der Waals surface area (Å²) in [6, 6.07) is -11.6. The molecule has 562 valence electrons. The van der Waals surface area contributed by atoms with Crippen LogP contribution < -0.4 is 37.2 Å². The molecule has 7 rings (SSSR count). The molecule has 7 amide bonds. The Morgan fingerprint density at radius 2 is 0.520 bits per heavy atom. The normalized spacial score (nSPS) is 44.5. The van der Waals surface area contributed by atoms with Gasteiger partial charge in [-0.1, -0.05) is 0 Å². The van der Waals surface area contributed by atoms with E-state index in [-0.39, 0.29) is 0 Å². The molecule has 7 aliphatic heterocycles. The van der Waals surface area contributed by atoms with Crippen LogP contribution in [-0.2, 0) is 95.1 Å². The van der Waals surface area contributed by atoms with Crippen LogP contribution in [0.4, 0.5) is 0 Å². The van der Waals surface area contributed by atoms with E-state index >= 15 is 0 Å². The van der Waals surface area contributed by atoms with Gasteiger partial charge in [-0.15, -0.1) is 0 Å². The first-order valence-electron chi connectivity index (χ1n) is 31.4. The van der Waals surface area contributed by atoms with Crippen molar-refractivity contribution in [1.29, 1.82) is 0 Å². The summed E-state index contributed by atoms with van der Waals surface area (Å²) in [6.07, 6.45) is -53.0. The summed E-state index contributed by atoms with van der Waals surface area (Å²) >= 11 is 0. The van der Waals surface area contributed by atoms with Crippen molar-refractivity contribution in [3.8, 4) is 0 Å². The molecule has 0 aromatic heterocycles. The van der Waals surface area contributed by atoms with Crippen LogP contribution >= 0.6 is 0 Å². The van der Waals surface area contributed by atoms with Gasteiger partial charge >= 0.3 is 0 Å². The Labute approximate surface area is 558 Å². The van der Waals surface area contributed by atoms with Gasteiger partial charge in [0.25, 0.3) is 0 Å². The molecular formula is C56H93N7O35. The van der Waals surface area contributed by atoms with Crippen LogP contribution in [0, 0.1) is 0 Å². The maximum Gasteiger partial charge on any atom is 0.217 e. The van der Waals surface area contributed by atoms with Crippen molar-refractivity contribution < 1.29 is 172 Å². The maximum absolute atomic E-state index is 13.5.